The molecule has 0 unspecified atom stereocenters. The van der Waals surface area contributed by atoms with E-state index in [-0.39, 0.29) is 11.3 Å². The van der Waals surface area contributed by atoms with E-state index in [1.54, 1.807) is 0 Å². The monoisotopic (exact) mass is 248 g/mol. The predicted molar refractivity (Wildman–Crippen MR) is 72.2 cm³/mol. The Bertz CT molecular complexity index is 566. The van der Waals surface area contributed by atoms with Crippen molar-refractivity contribution in [3.63, 3.8) is 0 Å². The molecule has 0 spiro atoms. The summed E-state index contributed by atoms with van der Waals surface area (Å²) in [5.41, 5.74) is 3.54. The highest BCUT2D eigenvalue weighted by atomic mass is 32.1. The zero-order valence-corrected chi connectivity index (χ0v) is 11.0. The molecule has 1 heterocycles. The predicted octanol–water partition coefficient (Wildman–Crippen LogP) is 2.80. The van der Waals surface area contributed by atoms with Gasteiger partial charge in [0, 0.05) is 4.70 Å². The molecule has 2 aromatic rings. The van der Waals surface area contributed by atoms with Gasteiger partial charge in [-0.25, -0.2) is 5.84 Å². The lowest BCUT2D eigenvalue weighted by Gasteiger charge is -2.18. The molecule has 0 radical (unpaired) electrons. The summed E-state index contributed by atoms with van der Waals surface area (Å²) >= 11 is 1.46. The van der Waals surface area contributed by atoms with Gasteiger partial charge in [-0.05, 0) is 34.6 Å². The molecular formula is C13H16N2OS. The van der Waals surface area contributed by atoms with Gasteiger partial charge in [0.2, 0.25) is 0 Å². The van der Waals surface area contributed by atoms with Crippen LogP contribution >= 0.6 is 11.3 Å². The summed E-state index contributed by atoms with van der Waals surface area (Å²) in [5.74, 6) is 4.90. The van der Waals surface area contributed by atoms with E-state index in [4.69, 9.17) is 5.84 Å². The van der Waals surface area contributed by atoms with E-state index in [1.807, 2.05) is 6.07 Å². The number of nitrogens with two attached hydrogens (primary N) is 1. The Hall–Kier alpha value is -1.39. The van der Waals surface area contributed by atoms with Gasteiger partial charge in [0.25, 0.3) is 5.91 Å². The Morgan fingerprint density at radius 1 is 1.29 bits per heavy atom. The first kappa shape index (κ1) is 12.1. The molecule has 0 saturated heterocycles. The summed E-state index contributed by atoms with van der Waals surface area (Å²) in [5, 5.41) is 1.10. The van der Waals surface area contributed by atoms with E-state index in [2.05, 4.69) is 44.4 Å². The molecule has 0 fully saturated rings. The topological polar surface area (TPSA) is 55.1 Å². The Balaban J connectivity index is 2.52. The summed E-state index contributed by atoms with van der Waals surface area (Å²) in [4.78, 5) is 12.1. The van der Waals surface area contributed by atoms with Crippen molar-refractivity contribution in [3.8, 4) is 0 Å². The highest BCUT2D eigenvalue weighted by Crippen LogP contribution is 2.30. The molecular weight excluding hydrogens is 232 g/mol. The number of rotatable bonds is 1. The molecule has 2 rings (SSSR count). The number of carbonyl (C=O) groups excluding carboxylic acids is 1. The molecule has 0 aliphatic heterocycles. The second-order valence-electron chi connectivity index (χ2n) is 5.09. The first-order chi connectivity index (χ1) is 7.91. The Labute approximate surface area is 105 Å². The maximum absolute atomic E-state index is 11.4. The first-order valence-electron chi connectivity index (χ1n) is 5.47. The van der Waals surface area contributed by atoms with Gasteiger partial charge >= 0.3 is 0 Å². The Kier molecular flexibility index (Phi) is 2.93. The van der Waals surface area contributed by atoms with Crippen LogP contribution in [0.4, 0.5) is 0 Å². The zero-order chi connectivity index (χ0) is 12.6. The minimum Gasteiger partial charge on any atom is -0.289 e. The Morgan fingerprint density at radius 3 is 2.59 bits per heavy atom. The van der Waals surface area contributed by atoms with Gasteiger partial charge in [-0.3, -0.25) is 10.2 Å². The third-order valence-corrected chi connectivity index (χ3v) is 3.85. The minimum atomic E-state index is -0.233. The quantitative estimate of drug-likeness (QED) is 0.463. The van der Waals surface area contributed by atoms with Gasteiger partial charge in [0.15, 0.2) is 0 Å². The van der Waals surface area contributed by atoms with Crippen LogP contribution in [-0.2, 0) is 5.41 Å². The summed E-state index contributed by atoms with van der Waals surface area (Å²) in [6, 6.07) is 8.20. The smallest absolute Gasteiger partial charge is 0.275 e. The molecule has 1 aromatic heterocycles. The molecule has 0 bridgehead atoms. The van der Waals surface area contributed by atoms with E-state index in [0.29, 0.717) is 4.88 Å². The second kappa shape index (κ2) is 4.13. The highest BCUT2D eigenvalue weighted by Gasteiger charge is 2.15. The van der Waals surface area contributed by atoms with Gasteiger partial charge in [0.1, 0.15) is 0 Å². The number of hydrogen-bond donors (Lipinski definition) is 2. The molecule has 0 aliphatic carbocycles. The molecule has 0 saturated carbocycles. The summed E-state index contributed by atoms with van der Waals surface area (Å²) in [6.07, 6.45) is 0. The lowest BCUT2D eigenvalue weighted by Crippen LogP contribution is -2.29. The number of hydrazine groups is 1. The van der Waals surface area contributed by atoms with Crippen molar-refractivity contribution in [1.82, 2.24) is 5.43 Å². The van der Waals surface area contributed by atoms with Crippen LogP contribution in [-0.4, -0.2) is 5.91 Å². The van der Waals surface area contributed by atoms with Crippen molar-refractivity contribution in [3.05, 3.63) is 34.7 Å². The SMILES string of the molecule is CC(C)(C)c1ccc2sc(C(=O)NN)cc2c1. The van der Waals surface area contributed by atoms with Crippen LogP contribution in [0.5, 0.6) is 0 Å². The van der Waals surface area contributed by atoms with E-state index < -0.39 is 0 Å². The van der Waals surface area contributed by atoms with Gasteiger partial charge < -0.3 is 0 Å². The fourth-order valence-corrected chi connectivity index (χ4v) is 2.64. The maximum atomic E-state index is 11.4. The van der Waals surface area contributed by atoms with Crippen molar-refractivity contribution in [1.29, 1.82) is 0 Å². The zero-order valence-electron chi connectivity index (χ0n) is 10.2. The number of amides is 1. The van der Waals surface area contributed by atoms with E-state index >= 15 is 0 Å². The molecule has 3 N–H and O–H groups in total. The summed E-state index contributed by atoms with van der Waals surface area (Å²) in [7, 11) is 0. The van der Waals surface area contributed by atoms with E-state index in [0.717, 1.165) is 10.1 Å². The molecule has 1 amide bonds. The molecule has 17 heavy (non-hydrogen) atoms. The van der Waals surface area contributed by atoms with Gasteiger partial charge in [0.05, 0.1) is 4.88 Å². The molecule has 0 atom stereocenters. The minimum absolute atomic E-state index is 0.117. The molecule has 90 valence electrons. The average molecular weight is 248 g/mol. The van der Waals surface area contributed by atoms with Crippen LogP contribution in [0.1, 0.15) is 36.0 Å². The van der Waals surface area contributed by atoms with Crippen molar-refractivity contribution in [2.75, 3.05) is 0 Å². The number of carbonyl (C=O) groups is 1. The van der Waals surface area contributed by atoms with Crippen LogP contribution < -0.4 is 11.3 Å². The fraction of sp³-hybridized carbons (Fsp3) is 0.308. The second-order valence-corrected chi connectivity index (χ2v) is 6.17. The number of thiophene rings is 1. The highest BCUT2D eigenvalue weighted by molar-refractivity contribution is 7.20. The maximum Gasteiger partial charge on any atom is 0.275 e. The van der Waals surface area contributed by atoms with E-state index in [9.17, 15) is 4.79 Å². The first-order valence-corrected chi connectivity index (χ1v) is 6.28. The van der Waals surface area contributed by atoms with Crippen LogP contribution in [0.2, 0.25) is 0 Å². The molecule has 1 aromatic carbocycles. The van der Waals surface area contributed by atoms with Crippen LogP contribution in [0, 0.1) is 0 Å². The van der Waals surface area contributed by atoms with Crippen molar-refractivity contribution >= 4 is 27.3 Å². The Morgan fingerprint density at radius 2 is 2.00 bits per heavy atom. The fourth-order valence-electron chi connectivity index (χ4n) is 1.69. The molecule has 3 nitrogen and oxygen atoms in total. The van der Waals surface area contributed by atoms with E-state index in [1.165, 1.54) is 16.9 Å². The third kappa shape index (κ3) is 2.33. The number of nitrogens with one attached hydrogen (secondary N) is 1. The van der Waals surface area contributed by atoms with Crippen LogP contribution in [0.3, 0.4) is 0 Å². The number of benzene rings is 1. The number of fused-ring (bicyclic) bond motifs is 1. The molecule has 0 aliphatic rings. The van der Waals surface area contributed by atoms with Crippen LogP contribution in [0.15, 0.2) is 24.3 Å². The van der Waals surface area contributed by atoms with Crippen molar-refractivity contribution < 1.29 is 4.79 Å². The average Bonchev–Trinajstić information content (AvgIpc) is 2.69. The van der Waals surface area contributed by atoms with Gasteiger partial charge in [-0.2, -0.15) is 0 Å². The largest absolute Gasteiger partial charge is 0.289 e. The summed E-state index contributed by atoms with van der Waals surface area (Å²) < 4.78 is 1.11. The number of hydrogen-bond acceptors (Lipinski definition) is 3. The lowest BCUT2D eigenvalue weighted by molar-refractivity contribution is 0.0958. The van der Waals surface area contributed by atoms with Gasteiger partial charge in [-0.15, -0.1) is 11.3 Å². The normalized spacial score (nSPS) is 11.8. The molecule has 4 heteroatoms. The van der Waals surface area contributed by atoms with Gasteiger partial charge in [-0.1, -0.05) is 26.8 Å². The van der Waals surface area contributed by atoms with Crippen molar-refractivity contribution in [2.24, 2.45) is 5.84 Å². The lowest BCUT2D eigenvalue weighted by atomic mass is 9.87. The third-order valence-electron chi connectivity index (χ3n) is 2.74. The van der Waals surface area contributed by atoms with Crippen molar-refractivity contribution in [2.45, 2.75) is 26.2 Å². The standard InChI is InChI=1S/C13H16N2OS/c1-13(2,3)9-4-5-10-8(6-9)7-11(17-10)12(16)15-14/h4-7H,14H2,1-3H3,(H,15,16). The van der Waals surface area contributed by atoms with Crippen LogP contribution in [0.25, 0.3) is 10.1 Å². The summed E-state index contributed by atoms with van der Waals surface area (Å²) in [6.45, 7) is 6.52. The number of nitrogen functional groups attached to an aromatic ring is 1.